The lowest BCUT2D eigenvalue weighted by atomic mass is 10.1. The van der Waals surface area contributed by atoms with Gasteiger partial charge in [0.25, 0.3) is 5.91 Å². The van der Waals surface area contributed by atoms with Gasteiger partial charge in [0, 0.05) is 23.7 Å². The molecule has 26 heavy (non-hydrogen) atoms. The summed E-state index contributed by atoms with van der Waals surface area (Å²) < 4.78 is 4.85. The number of ether oxygens (including phenoxy) is 1. The van der Waals surface area contributed by atoms with Gasteiger partial charge in [-0.3, -0.25) is 9.59 Å². The van der Waals surface area contributed by atoms with Crippen molar-refractivity contribution in [2.75, 3.05) is 18.5 Å². The topological polar surface area (TPSA) is 96.5 Å². The number of carbonyl (C=O) groups excluding carboxylic acids is 3. The second kappa shape index (κ2) is 10.8. The van der Waals surface area contributed by atoms with Gasteiger partial charge in [-0.25, -0.2) is 4.79 Å². The van der Waals surface area contributed by atoms with Crippen molar-refractivity contribution >= 4 is 35.9 Å². The molecule has 7 nitrogen and oxygen atoms in total. The molecule has 2 unspecified atom stereocenters. The molecule has 1 aromatic carbocycles. The number of anilines is 1. The van der Waals surface area contributed by atoms with Crippen LogP contribution in [0, 0.1) is 0 Å². The number of esters is 1. The summed E-state index contributed by atoms with van der Waals surface area (Å²) in [7, 11) is 0. The molecule has 1 aromatic rings. The third-order valence-corrected chi connectivity index (χ3v) is 4.01. The molecule has 8 heteroatoms. The van der Waals surface area contributed by atoms with E-state index in [1.165, 1.54) is 0 Å². The molecule has 1 aliphatic rings. The Kier molecular flexibility index (Phi) is 9.09. The summed E-state index contributed by atoms with van der Waals surface area (Å²) in [6.45, 7) is 4.51. The fraction of sp³-hybridized carbons (Fsp3) is 0.500. The molecule has 1 heterocycles. The summed E-state index contributed by atoms with van der Waals surface area (Å²) in [6, 6.07) is 6.08. The second-order valence-electron chi connectivity index (χ2n) is 6.07. The van der Waals surface area contributed by atoms with Crippen LogP contribution in [0.2, 0.25) is 0 Å². The molecule has 0 aliphatic carbocycles. The highest BCUT2D eigenvalue weighted by Gasteiger charge is 2.19. The summed E-state index contributed by atoms with van der Waals surface area (Å²) in [5.74, 6) is -0.888. The first kappa shape index (κ1) is 21.9. The lowest BCUT2D eigenvalue weighted by molar-refractivity contribution is -0.144. The molecular formula is C18H26ClN3O4. The second-order valence-corrected chi connectivity index (χ2v) is 6.07. The Morgan fingerprint density at radius 3 is 2.54 bits per heavy atom. The Hall–Kier alpha value is -2.12. The Morgan fingerprint density at radius 1 is 1.27 bits per heavy atom. The van der Waals surface area contributed by atoms with Crippen LogP contribution in [-0.4, -0.2) is 43.0 Å². The summed E-state index contributed by atoms with van der Waals surface area (Å²) in [5, 5.41) is 8.69. The van der Waals surface area contributed by atoms with Crippen LogP contribution in [0.5, 0.6) is 0 Å². The van der Waals surface area contributed by atoms with Crippen LogP contribution < -0.4 is 16.0 Å². The maximum absolute atomic E-state index is 12.1. The number of rotatable bonds is 7. The van der Waals surface area contributed by atoms with E-state index in [0.717, 1.165) is 19.4 Å². The number of nitrogens with one attached hydrogen (secondary N) is 3. The first-order chi connectivity index (χ1) is 12.0. The molecule has 0 radical (unpaired) electrons. The largest absolute Gasteiger partial charge is 0.464 e. The van der Waals surface area contributed by atoms with Crippen molar-refractivity contribution < 1.29 is 19.1 Å². The molecule has 2 amide bonds. The van der Waals surface area contributed by atoms with Crippen molar-refractivity contribution in [3.05, 3.63) is 29.8 Å². The van der Waals surface area contributed by atoms with Crippen molar-refractivity contribution in [1.29, 1.82) is 0 Å². The highest BCUT2D eigenvalue weighted by molar-refractivity contribution is 5.97. The lowest BCUT2D eigenvalue weighted by Gasteiger charge is -2.13. The van der Waals surface area contributed by atoms with Gasteiger partial charge in [-0.05, 0) is 57.5 Å². The molecule has 144 valence electrons. The maximum Gasteiger partial charge on any atom is 0.328 e. The van der Waals surface area contributed by atoms with E-state index in [1.54, 1.807) is 38.1 Å². The molecule has 0 aromatic heterocycles. The zero-order valence-corrected chi connectivity index (χ0v) is 15.9. The van der Waals surface area contributed by atoms with Crippen LogP contribution in [0.1, 0.15) is 43.5 Å². The molecule has 0 saturated carbocycles. The van der Waals surface area contributed by atoms with E-state index < -0.39 is 12.0 Å². The predicted octanol–water partition coefficient (Wildman–Crippen LogP) is 1.87. The monoisotopic (exact) mass is 383 g/mol. The molecule has 0 bridgehead atoms. The summed E-state index contributed by atoms with van der Waals surface area (Å²) in [4.78, 5) is 35.6. The van der Waals surface area contributed by atoms with Gasteiger partial charge in [0.15, 0.2) is 0 Å². The minimum Gasteiger partial charge on any atom is -0.464 e. The molecule has 0 spiro atoms. The number of benzene rings is 1. The van der Waals surface area contributed by atoms with Crippen molar-refractivity contribution in [3.63, 3.8) is 0 Å². The minimum atomic E-state index is -0.717. The van der Waals surface area contributed by atoms with Crippen LogP contribution >= 0.6 is 12.4 Å². The van der Waals surface area contributed by atoms with Crippen LogP contribution in [0.3, 0.4) is 0 Å². The van der Waals surface area contributed by atoms with E-state index in [0.29, 0.717) is 17.7 Å². The van der Waals surface area contributed by atoms with E-state index in [1.807, 2.05) is 0 Å². The first-order valence-electron chi connectivity index (χ1n) is 8.60. The van der Waals surface area contributed by atoms with E-state index in [4.69, 9.17) is 4.74 Å². The van der Waals surface area contributed by atoms with E-state index in [2.05, 4.69) is 16.0 Å². The van der Waals surface area contributed by atoms with Gasteiger partial charge < -0.3 is 20.7 Å². The van der Waals surface area contributed by atoms with Crippen LogP contribution in [0.4, 0.5) is 5.69 Å². The molecule has 2 atom stereocenters. The number of hydrogen-bond acceptors (Lipinski definition) is 5. The third kappa shape index (κ3) is 6.65. The van der Waals surface area contributed by atoms with Crippen molar-refractivity contribution in [2.45, 2.75) is 45.2 Å². The maximum atomic E-state index is 12.1. The standard InChI is InChI=1S/C18H25N3O4.ClH/c1-3-25-18(24)12(2)20-17(23)13-6-8-14(9-7-13)21-16(22)11-15-5-4-10-19-15;/h6-9,12,15,19H,3-5,10-11H2,1-2H3,(H,20,23)(H,21,22);1H. The van der Waals surface area contributed by atoms with E-state index >= 15 is 0 Å². The van der Waals surface area contributed by atoms with Gasteiger partial charge in [-0.1, -0.05) is 0 Å². The van der Waals surface area contributed by atoms with E-state index in [-0.39, 0.29) is 36.9 Å². The van der Waals surface area contributed by atoms with Gasteiger partial charge in [-0.2, -0.15) is 0 Å². The SMILES string of the molecule is CCOC(=O)C(C)NC(=O)c1ccc(NC(=O)CC2CCCN2)cc1.Cl. The van der Waals surface area contributed by atoms with Crippen LogP contribution in [0.25, 0.3) is 0 Å². The smallest absolute Gasteiger partial charge is 0.328 e. The van der Waals surface area contributed by atoms with Gasteiger partial charge in [0.05, 0.1) is 6.61 Å². The van der Waals surface area contributed by atoms with Crippen molar-refractivity contribution in [3.8, 4) is 0 Å². The third-order valence-electron chi connectivity index (χ3n) is 4.01. The van der Waals surface area contributed by atoms with E-state index in [9.17, 15) is 14.4 Å². The van der Waals surface area contributed by atoms with Crippen LogP contribution in [0.15, 0.2) is 24.3 Å². The molecule has 2 rings (SSSR count). The predicted molar refractivity (Wildman–Crippen MR) is 102 cm³/mol. The fourth-order valence-electron chi connectivity index (χ4n) is 2.68. The quantitative estimate of drug-likeness (QED) is 0.624. The Morgan fingerprint density at radius 2 is 1.96 bits per heavy atom. The van der Waals surface area contributed by atoms with Crippen molar-refractivity contribution in [1.82, 2.24) is 10.6 Å². The Labute approximate surface area is 159 Å². The van der Waals surface area contributed by atoms with Crippen molar-refractivity contribution in [2.24, 2.45) is 0 Å². The molecule has 1 saturated heterocycles. The molecule has 1 aliphatic heterocycles. The average Bonchev–Trinajstić information content (AvgIpc) is 3.08. The number of carbonyl (C=O) groups is 3. The molecule has 3 N–H and O–H groups in total. The van der Waals surface area contributed by atoms with Gasteiger partial charge in [-0.15, -0.1) is 12.4 Å². The van der Waals surface area contributed by atoms with Gasteiger partial charge in [0.1, 0.15) is 6.04 Å². The summed E-state index contributed by atoms with van der Waals surface area (Å²) in [5.41, 5.74) is 1.05. The summed E-state index contributed by atoms with van der Waals surface area (Å²) in [6.07, 6.45) is 2.57. The Bertz CT molecular complexity index is 615. The summed E-state index contributed by atoms with van der Waals surface area (Å²) >= 11 is 0. The van der Waals surface area contributed by atoms with Gasteiger partial charge >= 0.3 is 5.97 Å². The minimum absolute atomic E-state index is 0. The highest BCUT2D eigenvalue weighted by Crippen LogP contribution is 2.13. The molecular weight excluding hydrogens is 358 g/mol. The fourth-order valence-corrected chi connectivity index (χ4v) is 2.68. The number of hydrogen-bond donors (Lipinski definition) is 3. The zero-order valence-electron chi connectivity index (χ0n) is 15.0. The normalized spacial score (nSPS) is 16.9. The number of halogens is 1. The number of amides is 2. The van der Waals surface area contributed by atoms with Gasteiger partial charge in [0.2, 0.25) is 5.91 Å². The molecule has 1 fully saturated rings. The Balaban J connectivity index is 0.00000338. The first-order valence-corrected chi connectivity index (χ1v) is 8.60. The lowest BCUT2D eigenvalue weighted by Crippen LogP contribution is -2.39. The zero-order chi connectivity index (χ0) is 18.2. The highest BCUT2D eigenvalue weighted by atomic mass is 35.5. The van der Waals surface area contributed by atoms with Crippen LogP contribution in [-0.2, 0) is 14.3 Å². The average molecular weight is 384 g/mol.